The summed E-state index contributed by atoms with van der Waals surface area (Å²) in [5.74, 6) is 0. The third-order valence-corrected chi connectivity index (χ3v) is 2.55. The number of aromatic amines is 1. The van der Waals surface area contributed by atoms with Gasteiger partial charge in [0, 0.05) is 11.6 Å². The molecule has 0 radical (unpaired) electrons. The molecule has 3 rings (SSSR count). The largest absolute Gasteiger partial charge is 0.299 e. The number of hydrogen-bond donors (Lipinski definition) is 1. The van der Waals surface area contributed by atoms with Crippen LogP contribution in [0.3, 0.4) is 0 Å². The van der Waals surface area contributed by atoms with Gasteiger partial charge in [-0.3, -0.25) is 5.10 Å². The number of benzene rings is 1. The number of hydrogen-bond acceptors (Lipinski definition) is 2. The topological polar surface area (TPSA) is 33.1 Å². The summed E-state index contributed by atoms with van der Waals surface area (Å²) in [6, 6.07) is 9.98. The minimum atomic E-state index is 0.559. The first-order valence-electron chi connectivity index (χ1n) is 4.31. The summed E-state index contributed by atoms with van der Waals surface area (Å²) >= 11 is 5.16. The van der Waals surface area contributed by atoms with Gasteiger partial charge in [-0.2, -0.15) is 0 Å². The van der Waals surface area contributed by atoms with Crippen LogP contribution < -0.4 is 0 Å². The Morgan fingerprint density at radius 3 is 3.00 bits per heavy atom. The Bertz CT molecular complexity index is 665. The van der Waals surface area contributed by atoms with Gasteiger partial charge in [0.2, 0.25) is 4.77 Å². The fourth-order valence-electron chi connectivity index (χ4n) is 1.64. The molecule has 1 aromatic carbocycles. The Morgan fingerprint density at radius 2 is 2.07 bits per heavy atom. The van der Waals surface area contributed by atoms with Gasteiger partial charge in [0.05, 0.1) is 11.0 Å². The average molecular weight is 201 g/mol. The SMILES string of the molecule is S=c1nc2ccccc2c2cc[nH]n12. The van der Waals surface area contributed by atoms with Crippen molar-refractivity contribution >= 4 is 28.6 Å². The second-order valence-electron chi connectivity index (χ2n) is 3.09. The second-order valence-corrected chi connectivity index (χ2v) is 3.46. The molecule has 14 heavy (non-hydrogen) atoms. The van der Waals surface area contributed by atoms with Crippen LogP contribution >= 0.6 is 12.2 Å². The zero-order valence-corrected chi connectivity index (χ0v) is 8.08. The molecule has 68 valence electrons. The number of fused-ring (bicyclic) bond motifs is 3. The first kappa shape index (κ1) is 7.70. The molecule has 3 nitrogen and oxygen atoms in total. The van der Waals surface area contributed by atoms with Crippen LogP contribution in [0.15, 0.2) is 36.5 Å². The van der Waals surface area contributed by atoms with Gasteiger partial charge in [-0.15, -0.1) is 0 Å². The van der Waals surface area contributed by atoms with Gasteiger partial charge in [-0.25, -0.2) is 9.50 Å². The van der Waals surface area contributed by atoms with Gasteiger partial charge in [0.25, 0.3) is 0 Å². The third kappa shape index (κ3) is 0.914. The highest BCUT2D eigenvalue weighted by molar-refractivity contribution is 7.71. The maximum Gasteiger partial charge on any atom is 0.219 e. The average Bonchev–Trinajstić information content (AvgIpc) is 2.67. The molecule has 3 aromatic rings. The van der Waals surface area contributed by atoms with Crippen molar-refractivity contribution in [3.05, 3.63) is 41.3 Å². The molecule has 0 unspecified atom stereocenters. The summed E-state index contributed by atoms with van der Waals surface area (Å²) in [6.45, 7) is 0. The highest BCUT2D eigenvalue weighted by atomic mass is 32.1. The fourth-order valence-corrected chi connectivity index (χ4v) is 1.89. The normalized spacial score (nSPS) is 11.1. The molecule has 0 bridgehead atoms. The van der Waals surface area contributed by atoms with Crippen LogP contribution in [-0.4, -0.2) is 14.6 Å². The van der Waals surface area contributed by atoms with Gasteiger partial charge in [0.1, 0.15) is 0 Å². The molecular weight excluding hydrogens is 194 g/mol. The van der Waals surface area contributed by atoms with E-state index in [9.17, 15) is 0 Å². The maximum absolute atomic E-state index is 5.16. The van der Waals surface area contributed by atoms with Crippen molar-refractivity contribution in [2.45, 2.75) is 0 Å². The van der Waals surface area contributed by atoms with Crippen molar-refractivity contribution < 1.29 is 0 Å². The molecule has 0 saturated heterocycles. The zero-order valence-electron chi connectivity index (χ0n) is 7.27. The molecule has 0 atom stereocenters. The van der Waals surface area contributed by atoms with Crippen molar-refractivity contribution in [2.24, 2.45) is 0 Å². The van der Waals surface area contributed by atoms with E-state index in [4.69, 9.17) is 12.2 Å². The van der Waals surface area contributed by atoms with Crippen LogP contribution in [-0.2, 0) is 0 Å². The fraction of sp³-hybridized carbons (Fsp3) is 0. The van der Waals surface area contributed by atoms with Crippen molar-refractivity contribution in [2.75, 3.05) is 0 Å². The molecule has 0 spiro atoms. The predicted octanol–water partition coefficient (Wildman–Crippen LogP) is 2.55. The summed E-state index contributed by atoms with van der Waals surface area (Å²) in [6.07, 6.45) is 1.86. The van der Waals surface area contributed by atoms with Crippen LogP contribution in [0.4, 0.5) is 0 Å². The van der Waals surface area contributed by atoms with Crippen LogP contribution in [0.2, 0.25) is 0 Å². The van der Waals surface area contributed by atoms with E-state index in [0.29, 0.717) is 4.77 Å². The minimum Gasteiger partial charge on any atom is -0.299 e. The lowest BCUT2D eigenvalue weighted by Gasteiger charge is -1.99. The number of rotatable bonds is 0. The lowest BCUT2D eigenvalue weighted by atomic mass is 10.2. The van der Waals surface area contributed by atoms with E-state index < -0.39 is 0 Å². The van der Waals surface area contributed by atoms with Crippen LogP contribution in [0.25, 0.3) is 16.4 Å². The second kappa shape index (κ2) is 2.65. The first-order chi connectivity index (χ1) is 6.86. The van der Waals surface area contributed by atoms with Gasteiger partial charge in [-0.1, -0.05) is 18.2 Å². The summed E-state index contributed by atoms with van der Waals surface area (Å²) in [4.78, 5) is 4.32. The highest BCUT2D eigenvalue weighted by Gasteiger charge is 2.01. The number of nitrogens with zero attached hydrogens (tertiary/aromatic N) is 2. The van der Waals surface area contributed by atoms with Crippen molar-refractivity contribution in [3.8, 4) is 0 Å². The molecule has 0 aliphatic carbocycles. The standard InChI is InChI=1S/C10H7N3S/c14-10-12-8-4-2-1-3-7(8)9-5-6-11-13(9)10/h1-6,11H. The number of para-hydroxylation sites is 1. The quantitative estimate of drug-likeness (QED) is 0.567. The van der Waals surface area contributed by atoms with Crippen molar-refractivity contribution in [1.29, 1.82) is 0 Å². The molecule has 4 heteroatoms. The number of H-pyrrole nitrogens is 1. The van der Waals surface area contributed by atoms with Crippen molar-refractivity contribution in [1.82, 2.24) is 14.6 Å². The first-order valence-corrected chi connectivity index (χ1v) is 4.72. The Morgan fingerprint density at radius 1 is 1.21 bits per heavy atom. The van der Waals surface area contributed by atoms with Crippen LogP contribution in [0.5, 0.6) is 0 Å². The Labute approximate surface area is 85.0 Å². The molecule has 0 aliphatic rings. The Kier molecular flexibility index (Phi) is 1.46. The molecule has 0 fully saturated rings. The van der Waals surface area contributed by atoms with Crippen LogP contribution in [0, 0.1) is 4.77 Å². The Balaban J connectivity index is 2.73. The highest BCUT2D eigenvalue weighted by Crippen LogP contribution is 2.17. The lowest BCUT2D eigenvalue weighted by molar-refractivity contribution is 0.915. The monoisotopic (exact) mass is 201 g/mol. The lowest BCUT2D eigenvalue weighted by Crippen LogP contribution is -1.93. The minimum absolute atomic E-state index is 0.559. The van der Waals surface area contributed by atoms with Gasteiger partial charge < -0.3 is 0 Å². The van der Waals surface area contributed by atoms with Gasteiger partial charge in [0.15, 0.2) is 0 Å². The molecule has 0 saturated carbocycles. The predicted molar refractivity (Wildman–Crippen MR) is 57.9 cm³/mol. The van der Waals surface area contributed by atoms with E-state index >= 15 is 0 Å². The molecular formula is C10H7N3S. The molecule has 2 heterocycles. The number of nitrogens with one attached hydrogen (secondary N) is 1. The molecule has 1 N–H and O–H groups in total. The van der Waals surface area contributed by atoms with E-state index in [-0.39, 0.29) is 0 Å². The maximum atomic E-state index is 5.16. The van der Waals surface area contributed by atoms with Crippen LogP contribution in [0.1, 0.15) is 0 Å². The molecule has 2 aromatic heterocycles. The van der Waals surface area contributed by atoms with Gasteiger partial charge >= 0.3 is 0 Å². The van der Waals surface area contributed by atoms with E-state index in [0.717, 1.165) is 16.4 Å². The molecule has 0 aliphatic heterocycles. The molecule has 0 amide bonds. The summed E-state index contributed by atoms with van der Waals surface area (Å²) in [5, 5.41) is 4.14. The van der Waals surface area contributed by atoms with E-state index in [1.54, 1.807) is 4.52 Å². The third-order valence-electron chi connectivity index (χ3n) is 2.27. The summed E-state index contributed by atoms with van der Waals surface area (Å²) < 4.78 is 2.36. The summed E-state index contributed by atoms with van der Waals surface area (Å²) in [5.41, 5.74) is 2.01. The smallest absolute Gasteiger partial charge is 0.219 e. The Hall–Kier alpha value is -1.68. The zero-order chi connectivity index (χ0) is 9.54. The van der Waals surface area contributed by atoms with Crippen molar-refractivity contribution in [3.63, 3.8) is 0 Å². The van der Waals surface area contributed by atoms with E-state index in [1.165, 1.54) is 0 Å². The summed E-state index contributed by atoms with van der Waals surface area (Å²) in [7, 11) is 0. The van der Waals surface area contributed by atoms with E-state index in [2.05, 4.69) is 10.1 Å². The van der Waals surface area contributed by atoms with E-state index in [1.807, 2.05) is 36.5 Å². The van der Waals surface area contributed by atoms with Gasteiger partial charge in [-0.05, 0) is 24.4 Å². The number of aromatic nitrogens is 3.